The maximum absolute atomic E-state index is 11.5. The summed E-state index contributed by atoms with van der Waals surface area (Å²) in [5.74, 6) is 0.749. The molecule has 0 unspecified atom stereocenters. The lowest BCUT2D eigenvalue weighted by atomic mass is 10.2. The number of anilines is 2. The number of nitrogens with one attached hydrogen (secondary N) is 1. The van der Waals surface area contributed by atoms with Crippen LogP contribution in [0.15, 0.2) is 23.1 Å². The van der Waals surface area contributed by atoms with E-state index < -0.39 is 9.84 Å². The average Bonchev–Trinajstić information content (AvgIpc) is 3.13. The molecule has 0 atom stereocenters. The van der Waals surface area contributed by atoms with Gasteiger partial charge in [-0.15, -0.1) is 0 Å². The second-order valence-electron chi connectivity index (χ2n) is 4.93. The third-order valence-corrected chi connectivity index (χ3v) is 4.23. The Morgan fingerprint density at radius 1 is 1.42 bits per heavy atom. The molecule has 5 nitrogen and oxygen atoms in total. The van der Waals surface area contributed by atoms with Crippen molar-refractivity contribution in [3.63, 3.8) is 0 Å². The maximum atomic E-state index is 11.5. The van der Waals surface area contributed by atoms with E-state index in [1.165, 1.54) is 18.9 Å². The van der Waals surface area contributed by atoms with Crippen LogP contribution < -0.4 is 11.1 Å². The molecule has 0 radical (unpaired) electrons. The number of para-hydroxylation sites is 1. The zero-order valence-corrected chi connectivity index (χ0v) is 11.9. The number of sulfone groups is 1. The van der Waals surface area contributed by atoms with Crippen LogP contribution in [-0.2, 0) is 14.6 Å². The van der Waals surface area contributed by atoms with E-state index in [-0.39, 0.29) is 10.6 Å². The number of hydrogen-bond donors (Lipinski definition) is 2. The van der Waals surface area contributed by atoms with Crippen molar-refractivity contribution in [1.29, 1.82) is 0 Å². The molecule has 1 fully saturated rings. The summed E-state index contributed by atoms with van der Waals surface area (Å²) >= 11 is 0. The van der Waals surface area contributed by atoms with Gasteiger partial charge in [-0.2, -0.15) is 0 Å². The van der Waals surface area contributed by atoms with Gasteiger partial charge in [0.15, 0.2) is 9.84 Å². The molecule has 0 saturated heterocycles. The highest BCUT2D eigenvalue weighted by molar-refractivity contribution is 7.90. The fourth-order valence-electron chi connectivity index (χ4n) is 1.81. The van der Waals surface area contributed by atoms with Gasteiger partial charge < -0.3 is 15.8 Å². The molecule has 0 bridgehead atoms. The van der Waals surface area contributed by atoms with Crippen LogP contribution in [0.2, 0.25) is 0 Å². The smallest absolute Gasteiger partial charge is 0.177 e. The molecule has 1 aliphatic carbocycles. The summed E-state index contributed by atoms with van der Waals surface area (Å²) < 4.78 is 28.6. The normalized spacial score (nSPS) is 15.4. The van der Waals surface area contributed by atoms with Crippen molar-refractivity contribution in [2.45, 2.75) is 17.7 Å². The van der Waals surface area contributed by atoms with Crippen LogP contribution in [0.4, 0.5) is 11.4 Å². The molecule has 0 amide bonds. The fraction of sp³-hybridized carbons (Fsp3) is 0.538. The van der Waals surface area contributed by atoms with Crippen LogP contribution in [0.3, 0.4) is 0 Å². The first-order valence-corrected chi connectivity index (χ1v) is 8.28. The van der Waals surface area contributed by atoms with Crippen molar-refractivity contribution >= 4 is 21.2 Å². The predicted octanol–water partition coefficient (Wildman–Crippen LogP) is 1.51. The molecule has 19 heavy (non-hydrogen) atoms. The van der Waals surface area contributed by atoms with E-state index >= 15 is 0 Å². The first kappa shape index (κ1) is 14.1. The summed E-state index contributed by atoms with van der Waals surface area (Å²) in [6.07, 6.45) is 3.70. The van der Waals surface area contributed by atoms with Crippen molar-refractivity contribution in [3.8, 4) is 0 Å². The summed E-state index contributed by atoms with van der Waals surface area (Å²) in [7, 11) is -3.29. The molecule has 106 valence electrons. The molecule has 0 spiro atoms. The zero-order valence-electron chi connectivity index (χ0n) is 11.1. The molecule has 0 aliphatic heterocycles. The van der Waals surface area contributed by atoms with Gasteiger partial charge in [0, 0.05) is 19.4 Å². The standard InChI is InChI=1S/C13H20N2O3S/c1-19(16,17)12-4-2-3-11(13(12)14)15-7-8-18-9-10-5-6-10/h2-4,10,15H,5-9,14H2,1H3. The van der Waals surface area contributed by atoms with Crippen LogP contribution in [0, 0.1) is 5.92 Å². The lowest BCUT2D eigenvalue weighted by molar-refractivity contribution is 0.134. The SMILES string of the molecule is CS(=O)(=O)c1cccc(NCCOCC2CC2)c1N. The minimum Gasteiger partial charge on any atom is -0.396 e. The Labute approximate surface area is 114 Å². The van der Waals surface area contributed by atoms with Crippen molar-refractivity contribution < 1.29 is 13.2 Å². The molecule has 6 heteroatoms. The van der Waals surface area contributed by atoms with Crippen LogP contribution >= 0.6 is 0 Å². The molecule has 1 aliphatic rings. The van der Waals surface area contributed by atoms with Gasteiger partial charge in [-0.05, 0) is 30.9 Å². The summed E-state index contributed by atoms with van der Waals surface area (Å²) in [6, 6.07) is 4.96. The summed E-state index contributed by atoms with van der Waals surface area (Å²) in [4.78, 5) is 0.163. The van der Waals surface area contributed by atoms with E-state index in [0.29, 0.717) is 18.8 Å². The Morgan fingerprint density at radius 3 is 2.79 bits per heavy atom. The number of hydrogen-bond acceptors (Lipinski definition) is 5. The predicted molar refractivity (Wildman–Crippen MR) is 76.0 cm³/mol. The topological polar surface area (TPSA) is 81.4 Å². The fourth-order valence-corrected chi connectivity index (χ4v) is 2.65. The number of nitrogen functional groups attached to an aromatic ring is 1. The number of benzene rings is 1. The first-order valence-electron chi connectivity index (χ1n) is 6.38. The minimum atomic E-state index is -3.29. The Morgan fingerprint density at radius 2 is 2.16 bits per heavy atom. The van der Waals surface area contributed by atoms with Crippen LogP contribution in [0.25, 0.3) is 0 Å². The molecule has 1 aromatic carbocycles. The minimum absolute atomic E-state index is 0.163. The van der Waals surface area contributed by atoms with E-state index in [0.717, 1.165) is 18.8 Å². The first-order chi connectivity index (χ1) is 8.98. The molecular formula is C13H20N2O3S. The Kier molecular flexibility index (Phi) is 4.31. The van der Waals surface area contributed by atoms with Gasteiger partial charge in [0.05, 0.1) is 22.9 Å². The Balaban J connectivity index is 1.88. The largest absolute Gasteiger partial charge is 0.396 e. The quantitative estimate of drug-likeness (QED) is 0.586. The van der Waals surface area contributed by atoms with Crippen molar-refractivity contribution in [2.24, 2.45) is 5.92 Å². The van der Waals surface area contributed by atoms with E-state index in [9.17, 15) is 8.42 Å². The molecule has 1 saturated carbocycles. The average molecular weight is 284 g/mol. The maximum Gasteiger partial charge on any atom is 0.177 e. The molecular weight excluding hydrogens is 264 g/mol. The van der Waals surface area contributed by atoms with Gasteiger partial charge in [0.2, 0.25) is 0 Å². The summed E-state index contributed by atoms with van der Waals surface area (Å²) in [6.45, 7) is 2.03. The van der Waals surface area contributed by atoms with Crippen LogP contribution in [-0.4, -0.2) is 34.4 Å². The second-order valence-corrected chi connectivity index (χ2v) is 6.92. The number of ether oxygens (including phenoxy) is 1. The van der Waals surface area contributed by atoms with Gasteiger partial charge in [0.1, 0.15) is 0 Å². The lowest BCUT2D eigenvalue weighted by Gasteiger charge is -2.12. The third kappa shape index (κ3) is 4.11. The summed E-state index contributed by atoms with van der Waals surface area (Å²) in [5.41, 5.74) is 6.77. The Hall–Kier alpha value is -1.27. The highest BCUT2D eigenvalue weighted by Crippen LogP contribution is 2.29. The highest BCUT2D eigenvalue weighted by atomic mass is 32.2. The Bertz CT molecular complexity index is 539. The molecule has 3 N–H and O–H groups in total. The van der Waals surface area contributed by atoms with E-state index in [1.807, 2.05) is 0 Å². The van der Waals surface area contributed by atoms with Crippen LogP contribution in [0.5, 0.6) is 0 Å². The molecule has 0 heterocycles. The van der Waals surface area contributed by atoms with E-state index in [1.54, 1.807) is 12.1 Å². The van der Waals surface area contributed by atoms with Gasteiger partial charge in [-0.3, -0.25) is 0 Å². The van der Waals surface area contributed by atoms with Crippen molar-refractivity contribution in [1.82, 2.24) is 0 Å². The molecule has 0 aromatic heterocycles. The lowest BCUT2D eigenvalue weighted by Crippen LogP contribution is -2.13. The van der Waals surface area contributed by atoms with Crippen molar-refractivity contribution in [3.05, 3.63) is 18.2 Å². The van der Waals surface area contributed by atoms with Gasteiger partial charge in [0.25, 0.3) is 0 Å². The van der Waals surface area contributed by atoms with Gasteiger partial charge >= 0.3 is 0 Å². The van der Waals surface area contributed by atoms with Crippen LogP contribution in [0.1, 0.15) is 12.8 Å². The molecule has 2 rings (SSSR count). The van der Waals surface area contributed by atoms with Crippen molar-refractivity contribution in [2.75, 3.05) is 37.1 Å². The zero-order chi connectivity index (χ0) is 13.9. The highest BCUT2D eigenvalue weighted by Gasteiger charge is 2.20. The summed E-state index contributed by atoms with van der Waals surface area (Å²) in [5, 5.41) is 3.11. The number of rotatable bonds is 7. The monoisotopic (exact) mass is 284 g/mol. The third-order valence-electron chi connectivity index (χ3n) is 3.08. The van der Waals surface area contributed by atoms with Gasteiger partial charge in [-0.1, -0.05) is 6.07 Å². The second kappa shape index (κ2) is 5.79. The number of nitrogens with two attached hydrogens (primary N) is 1. The van der Waals surface area contributed by atoms with E-state index in [2.05, 4.69) is 5.32 Å². The van der Waals surface area contributed by atoms with Gasteiger partial charge in [-0.25, -0.2) is 8.42 Å². The molecule has 1 aromatic rings. The van der Waals surface area contributed by atoms with E-state index in [4.69, 9.17) is 10.5 Å².